The summed E-state index contributed by atoms with van der Waals surface area (Å²) in [6.07, 6.45) is 3.75. The zero-order valence-corrected chi connectivity index (χ0v) is 12.0. The van der Waals surface area contributed by atoms with Gasteiger partial charge in [0.2, 0.25) is 0 Å². The van der Waals surface area contributed by atoms with Crippen molar-refractivity contribution in [2.24, 2.45) is 7.05 Å². The quantitative estimate of drug-likeness (QED) is 0.895. The number of hydrogen-bond donors (Lipinski definition) is 1. The van der Waals surface area contributed by atoms with Gasteiger partial charge in [0.1, 0.15) is 0 Å². The Morgan fingerprint density at radius 2 is 2.28 bits per heavy atom. The van der Waals surface area contributed by atoms with Gasteiger partial charge in [-0.25, -0.2) is 0 Å². The summed E-state index contributed by atoms with van der Waals surface area (Å²) in [5, 5.41) is 10.4. The Bertz CT molecular complexity index is 568. The number of rotatable bonds is 2. The van der Waals surface area contributed by atoms with Crippen LogP contribution in [0, 0.1) is 13.8 Å². The Labute approximate surface area is 112 Å². The van der Waals surface area contributed by atoms with E-state index in [-0.39, 0.29) is 0 Å². The zero-order chi connectivity index (χ0) is 12.7. The summed E-state index contributed by atoms with van der Waals surface area (Å²) in [5.41, 5.74) is 5.02. The number of thiophene rings is 1. The van der Waals surface area contributed by atoms with Crippen LogP contribution in [0.15, 0.2) is 11.4 Å². The van der Waals surface area contributed by atoms with Gasteiger partial charge in [-0.05, 0) is 50.1 Å². The summed E-state index contributed by atoms with van der Waals surface area (Å²) in [6.45, 7) is 4.20. The molecule has 0 saturated carbocycles. The van der Waals surface area contributed by atoms with Gasteiger partial charge in [-0.15, -0.1) is 11.3 Å². The molecule has 0 spiro atoms. The van der Waals surface area contributed by atoms with E-state index in [9.17, 15) is 0 Å². The number of aryl methyl sites for hydroxylation is 3. The van der Waals surface area contributed by atoms with Crippen molar-refractivity contribution >= 4 is 17.0 Å². The molecule has 3 nitrogen and oxygen atoms in total. The fraction of sp³-hybridized carbons (Fsp3) is 0.500. The molecule has 0 radical (unpaired) electrons. The second kappa shape index (κ2) is 4.43. The van der Waals surface area contributed by atoms with E-state index >= 15 is 0 Å². The summed E-state index contributed by atoms with van der Waals surface area (Å²) in [5.74, 6) is 0. The van der Waals surface area contributed by atoms with Crippen LogP contribution in [0.2, 0.25) is 0 Å². The van der Waals surface area contributed by atoms with Crippen molar-refractivity contribution in [2.75, 3.05) is 5.32 Å². The van der Waals surface area contributed by atoms with E-state index in [0.717, 1.165) is 5.69 Å². The van der Waals surface area contributed by atoms with Crippen molar-refractivity contribution in [3.63, 3.8) is 0 Å². The maximum absolute atomic E-state index is 4.48. The molecule has 96 valence electrons. The Kier molecular flexibility index (Phi) is 2.90. The van der Waals surface area contributed by atoms with Gasteiger partial charge in [0.25, 0.3) is 0 Å². The third kappa shape index (κ3) is 1.85. The first kappa shape index (κ1) is 11.8. The second-order valence-corrected chi connectivity index (χ2v) is 6.06. The van der Waals surface area contributed by atoms with Gasteiger partial charge < -0.3 is 5.32 Å². The molecule has 4 heteroatoms. The van der Waals surface area contributed by atoms with Gasteiger partial charge in [-0.1, -0.05) is 0 Å². The average molecular weight is 261 g/mol. The van der Waals surface area contributed by atoms with Crippen LogP contribution in [0.1, 0.15) is 40.7 Å². The summed E-state index contributed by atoms with van der Waals surface area (Å²) in [7, 11) is 2.00. The van der Waals surface area contributed by atoms with Crippen molar-refractivity contribution < 1.29 is 0 Å². The summed E-state index contributed by atoms with van der Waals surface area (Å²) in [4.78, 5) is 1.55. The SMILES string of the molecule is Cc1nn(C)c(C)c1NC1CCCc2sccc21. The van der Waals surface area contributed by atoms with Crippen LogP contribution in [0.4, 0.5) is 5.69 Å². The van der Waals surface area contributed by atoms with E-state index in [1.54, 1.807) is 4.88 Å². The summed E-state index contributed by atoms with van der Waals surface area (Å²) < 4.78 is 1.95. The lowest BCUT2D eigenvalue weighted by molar-refractivity contribution is 0.608. The third-order valence-corrected chi connectivity index (χ3v) is 4.88. The van der Waals surface area contributed by atoms with Gasteiger partial charge in [-0.3, -0.25) is 4.68 Å². The lowest BCUT2D eigenvalue weighted by atomic mass is 9.94. The molecule has 1 atom stereocenters. The minimum atomic E-state index is 0.460. The van der Waals surface area contributed by atoms with Crippen molar-refractivity contribution in [3.05, 3.63) is 33.3 Å². The highest BCUT2D eigenvalue weighted by atomic mass is 32.1. The molecule has 2 aromatic rings. The lowest BCUT2D eigenvalue weighted by Crippen LogP contribution is -2.16. The average Bonchev–Trinajstić information content (AvgIpc) is 2.91. The van der Waals surface area contributed by atoms with Crippen LogP contribution in [0.5, 0.6) is 0 Å². The minimum absolute atomic E-state index is 0.460. The number of fused-ring (bicyclic) bond motifs is 1. The maximum Gasteiger partial charge on any atom is 0.0828 e. The normalized spacial score (nSPS) is 18.7. The molecule has 2 heterocycles. The molecule has 1 aliphatic carbocycles. The topological polar surface area (TPSA) is 29.9 Å². The monoisotopic (exact) mass is 261 g/mol. The highest BCUT2D eigenvalue weighted by Crippen LogP contribution is 2.36. The smallest absolute Gasteiger partial charge is 0.0828 e. The Morgan fingerprint density at radius 3 is 3.00 bits per heavy atom. The van der Waals surface area contributed by atoms with Crippen molar-refractivity contribution in [1.82, 2.24) is 9.78 Å². The van der Waals surface area contributed by atoms with E-state index in [2.05, 4.69) is 35.7 Å². The summed E-state index contributed by atoms with van der Waals surface area (Å²) in [6, 6.07) is 2.74. The standard InChI is InChI=1S/C14H19N3S/c1-9-14(10(2)17(3)16-9)15-12-5-4-6-13-11(12)7-8-18-13/h7-8,12,15H,4-6H2,1-3H3. The molecule has 1 aliphatic rings. The fourth-order valence-electron chi connectivity index (χ4n) is 2.79. The van der Waals surface area contributed by atoms with E-state index < -0.39 is 0 Å². The Morgan fingerprint density at radius 1 is 1.44 bits per heavy atom. The van der Waals surface area contributed by atoms with Gasteiger partial charge >= 0.3 is 0 Å². The number of nitrogens with one attached hydrogen (secondary N) is 1. The van der Waals surface area contributed by atoms with E-state index in [1.807, 2.05) is 23.1 Å². The molecule has 0 amide bonds. The molecule has 3 rings (SSSR count). The largest absolute Gasteiger partial charge is 0.375 e. The van der Waals surface area contributed by atoms with Crippen molar-refractivity contribution in [3.8, 4) is 0 Å². The van der Waals surface area contributed by atoms with Crippen molar-refractivity contribution in [1.29, 1.82) is 0 Å². The van der Waals surface area contributed by atoms with E-state index in [4.69, 9.17) is 0 Å². The first-order valence-electron chi connectivity index (χ1n) is 6.50. The molecular formula is C14H19N3S. The van der Waals surface area contributed by atoms with Crippen LogP contribution < -0.4 is 5.32 Å². The molecule has 18 heavy (non-hydrogen) atoms. The Hall–Kier alpha value is -1.29. The van der Waals surface area contributed by atoms with E-state index in [1.165, 1.54) is 36.2 Å². The molecular weight excluding hydrogens is 242 g/mol. The fourth-order valence-corrected chi connectivity index (χ4v) is 3.78. The lowest BCUT2D eigenvalue weighted by Gasteiger charge is -2.24. The molecule has 0 saturated heterocycles. The highest BCUT2D eigenvalue weighted by molar-refractivity contribution is 7.10. The molecule has 0 aromatic carbocycles. The van der Waals surface area contributed by atoms with Gasteiger partial charge in [-0.2, -0.15) is 5.10 Å². The number of hydrogen-bond acceptors (Lipinski definition) is 3. The predicted molar refractivity (Wildman–Crippen MR) is 76.3 cm³/mol. The van der Waals surface area contributed by atoms with Gasteiger partial charge in [0, 0.05) is 11.9 Å². The summed E-state index contributed by atoms with van der Waals surface area (Å²) >= 11 is 1.89. The van der Waals surface area contributed by atoms with Gasteiger partial charge in [0.05, 0.1) is 23.1 Å². The Balaban J connectivity index is 1.91. The van der Waals surface area contributed by atoms with E-state index in [0.29, 0.717) is 6.04 Å². The van der Waals surface area contributed by atoms with Crippen molar-refractivity contribution in [2.45, 2.75) is 39.2 Å². The number of anilines is 1. The third-order valence-electron chi connectivity index (χ3n) is 3.88. The first-order valence-corrected chi connectivity index (χ1v) is 7.38. The molecule has 0 bridgehead atoms. The van der Waals surface area contributed by atoms with Gasteiger partial charge in [0.15, 0.2) is 0 Å². The molecule has 0 fully saturated rings. The predicted octanol–water partition coefficient (Wildman–Crippen LogP) is 3.59. The van der Waals surface area contributed by atoms with Crippen LogP contribution >= 0.6 is 11.3 Å². The van der Waals surface area contributed by atoms with Crippen LogP contribution in [-0.4, -0.2) is 9.78 Å². The minimum Gasteiger partial charge on any atom is -0.375 e. The molecule has 1 unspecified atom stereocenters. The van der Waals surface area contributed by atoms with Crippen LogP contribution in [0.3, 0.4) is 0 Å². The van der Waals surface area contributed by atoms with Crippen LogP contribution in [-0.2, 0) is 13.5 Å². The maximum atomic E-state index is 4.48. The second-order valence-electron chi connectivity index (χ2n) is 5.06. The number of aromatic nitrogens is 2. The molecule has 1 N–H and O–H groups in total. The highest BCUT2D eigenvalue weighted by Gasteiger charge is 2.22. The molecule has 0 aliphatic heterocycles. The zero-order valence-electron chi connectivity index (χ0n) is 11.2. The number of nitrogens with zero attached hydrogens (tertiary/aromatic N) is 2. The molecule has 2 aromatic heterocycles. The first-order chi connectivity index (χ1) is 8.66. The van der Waals surface area contributed by atoms with Crippen LogP contribution in [0.25, 0.3) is 0 Å².